The molecular weight excluding hydrogens is 422 g/mol. The van der Waals surface area contributed by atoms with Gasteiger partial charge in [-0.05, 0) is 54.1 Å². The van der Waals surface area contributed by atoms with E-state index in [4.69, 9.17) is 9.47 Å². The summed E-state index contributed by atoms with van der Waals surface area (Å²) in [4.78, 5) is 39.0. The number of benzene rings is 3. The Morgan fingerprint density at radius 1 is 0.939 bits per heavy atom. The lowest BCUT2D eigenvalue weighted by Crippen LogP contribution is -2.42. The average Bonchev–Trinajstić information content (AvgIpc) is 2.83. The number of hydrogen-bond acceptors (Lipinski definition) is 5. The van der Waals surface area contributed by atoms with E-state index in [9.17, 15) is 14.4 Å². The average molecular weight is 443 g/mol. The highest BCUT2D eigenvalue weighted by molar-refractivity contribution is 6.15. The van der Waals surface area contributed by atoms with Crippen LogP contribution in [0.5, 0.6) is 11.5 Å². The molecule has 3 aromatic rings. The van der Waals surface area contributed by atoms with E-state index >= 15 is 0 Å². The highest BCUT2D eigenvalue weighted by Crippen LogP contribution is 2.31. The van der Waals surface area contributed by atoms with Gasteiger partial charge in [-0.15, -0.1) is 0 Å². The molecule has 0 saturated heterocycles. The van der Waals surface area contributed by atoms with Gasteiger partial charge in [0.15, 0.2) is 11.5 Å². The Hall–Kier alpha value is -4.33. The fraction of sp³-hybridized carbons (Fsp3) is 0.160. The third-order valence-electron chi connectivity index (χ3n) is 5.40. The second-order valence-corrected chi connectivity index (χ2v) is 7.74. The smallest absolute Gasteiger partial charge is 0.258 e. The van der Waals surface area contributed by atoms with Crippen LogP contribution >= 0.6 is 0 Å². The van der Waals surface area contributed by atoms with Crippen molar-refractivity contribution in [3.63, 3.8) is 0 Å². The lowest BCUT2D eigenvalue weighted by molar-refractivity contribution is -0.116. The minimum absolute atomic E-state index is 0.0517. The zero-order chi connectivity index (χ0) is 22.8. The number of hydrogen-bond donors (Lipinski definition) is 2. The van der Waals surface area contributed by atoms with E-state index in [1.54, 1.807) is 48.5 Å². The van der Waals surface area contributed by atoms with Crippen LogP contribution in [0.15, 0.2) is 66.7 Å². The second-order valence-electron chi connectivity index (χ2n) is 7.74. The van der Waals surface area contributed by atoms with Crippen molar-refractivity contribution in [2.75, 3.05) is 35.3 Å². The predicted molar refractivity (Wildman–Crippen MR) is 123 cm³/mol. The Morgan fingerprint density at radius 2 is 1.70 bits per heavy atom. The summed E-state index contributed by atoms with van der Waals surface area (Å²) in [5.74, 6) is 0.603. The van der Waals surface area contributed by atoms with Gasteiger partial charge in [0.1, 0.15) is 19.8 Å². The number of rotatable bonds is 4. The number of amides is 3. The van der Waals surface area contributed by atoms with Crippen molar-refractivity contribution in [2.24, 2.45) is 0 Å². The number of fused-ring (bicyclic) bond motifs is 2. The molecule has 166 valence electrons. The van der Waals surface area contributed by atoms with E-state index in [1.807, 2.05) is 18.2 Å². The molecule has 0 aromatic heterocycles. The van der Waals surface area contributed by atoms with Crippen LogP contribution in [0.1, 0.15) is 15.9 Å². The fourth-order valence-electron chi connectivity index (χ4n) is 3.85. The Kier molecular flexibility index (Phi) is 5.40. The molecule has 0 aliphatic carbocycles. The molecular formula is C25H21N3O5. The van der Waals surface area contributed by atoms with Crippen LogP contribution in [0.2, 0.25) is 0 Å². The standard InChI is InChI=1S/C25H21N3O5/c29-23(14-16-5-10-21-22(13-16)33-12-11-32-21)26-18-8-6-17(7-9-18)25(31)28-15-24(30)27-19-3-1-2-4-20(19)28/h1-10,13H,11-12,14-15H2,(H,26,29)(H,27,30). The minimum atomic E-state index is -0.286. The van der Waals surface area contributed by atoms with E-state index in [2.05, 4.69) is 10.6 Å². The number of anilines is 3. The van der Waals surface area contributed by atoms with Gasteiger partial charge in [0, 0.05) is 11.3 Å². The number of nitrogens with zero attached hydrogens (tertiary/aromatic N) is 1. The summed E-state index contributed by atoms with van der Waals surface area (Å²) in [5.41, 5.74) is 3.06. The highest BCUT2D eigenvalue weighted by Gasteiger charge is 2.27. The molecule has 0 bridgehead atoms. The first-order chi connectivity index (χ1) is 16.1. The van der Waals surface area contributed by atoms with Gasteiger partial charge >= 0.3 is 0 Å². The predicted octanol–water partition coefficient (Wildman–Crippen LogP) is 3.24. The first kappa shape index (κ1) is 20.6. The number of carbonyl (C=O) groups is 3. The molecule has 0 unspecified atom stereocenters. The zero-order valence-corrected chi connectivity index (χ0v) is 17.7. The summed E-state index contributed by atoms with van der Waals surface area (Å²) in [7, 11) is 0. The van der Waals surface area contributed by atoms with Crippen LogP contribution in [0.3, 0.4) is 0 Å². The molecule has 0 saturated carbocycles. The molecule has 8 heteroatoms. The first-order valence-electron chi connectivity index (χ1n) is 10.6. The van der Waals surface area contributed by atoms with Gasteiger partial charge in [-0.1, -0.05) is 18.2 Å². The Bertz CT molecular complexity index is 1240. The molecule has 0 fully saturated rings. The number of para-hydroxylation sites is 2. The molecule has 0 radical (unpaired) electrons. The van der Waals surface area contributed by atoms with Crippen LogP contribution in [0, 0.1) is 0 Å². The van der Waals surface area contributed by atoms with Crippen molar-refractivity contribution in [3.05, 3.63) is 77.9 Å². The molecule has 3 aromatic carbocycles. The fourth-order valence-corrected chi connectivity index (χ4v) is 3.85. The van der Waals surface area contributed by atoms with Crippen LogP contribution in [0.4, 0.5) is 17.1 Å². The maximum atomic E-state index is 13.0. The summed E-state index contributed by atoms with van der Waals surface area (Å²) in [5, 5.41) is 5.61. The molecule has 33 heavy (non-hydrogen) atoms. The topological polar surface area (TPSA) is 97.0 Å². The van der Waals surface area contributed by atoms with Gasteiger partial charge in [-0.3, -0.25) is 19.3 Å². The molecule has 2 aliphatic heterocycles. The SMILES string of the molecule is O=C(Cc1ccc2c(c1)OCCO2)Nc1ccc(C(=O)N2CC(=O)Nc3ccccc32)cc1. The molecule has 8 nitrogen and oxygen atoms in total. The lowest BCUT2D eigenvalue weighted by Gasteiger charge is -2.29. The van der Waals surface area contributed by atoms with Crippen LogP contribution < -0.4 is 25.0 Å². The van der Waals surface area contributed by atoms with E-state index in [-0.39, 0.29) is 30.7 Å². The Balaban J connectivity index is 1.25. The van der Waals surface area contributed by atoms with Crippen molar-refractivity contribution in [2.45, 2.75) is 6.42 Å². The third-order valence-corrected chi connectivity index (χ3v) is 5.40. The molecule has 3 amide bonds. The van der Waals surface area contributed by atoms with Gasteiger partial charge in [-0.2, -0.15) is 0 Å². The van der Waals surface area contributed by atoms with Gasteiger partial charge < -0.3 is 20.1 Å². The van der Waals surface area contributed by atoms with Crippen molar-refractivity contribution >= 4 is 34.8 Å². The minimum Gasteiger partial charge on any atom is -0.486 e. The normalized spacial score (nSPS) is 14.2. The number of nitrogens with one attached hydrogen (secondary N) is 2. The van der Waals surface area contributed by atoms with Crippen molar-refractivity contribution in [3.8, 4) is 11.5 Å². The third kappa shape index (κ3) is 4.36. The largest absolute Gasteiger partial charge is 0.486 e. The highest BCUT2D eigenvalue weighted by atomic mass is 16.6. The number of ether oxygens (including phenoxy) is 2. The molecule has 5 rings (SSSR count). The molecule has 2 heterocycles. The van der Waals surface area contributed by atoms with Crippen LogP contribution in [0.25, 0.3) is 0 Å². The van der Waals surface area contributed by atoms with Gasteiger partial charge in [0.2, 0.25) is 11.8 Å². The van der Waals surface area contributed by atoms with Crippen molar-refractivity contribution < 1.29 is 23.9 Å². The van der Waals surface area contributed by atoms with Gasteiger partial charge in [0.05, 0.1) is 17.8 Å². The quantitative estimate of drug-likeness (QED) is 0.645. The zero-order valence-electron chi connectivity index (χ0n) is 17.7. The van der Waals surface area contributed by atoms with E-state index < -0.39 is 0 Å². The summed E-state index contributed by atoms with van der Waals surface area (Å²) in [6, 6.07) is 19.2. The maximum Gasteiger partial charge on any atom is 0.258 e. The summed E-state index contributed by atoms with van der Waals surface area (Å²) < 4.78 is 11.1. The van der Waals surface area contributed by atoms with E-state index in [0.29, 0.717) is 47.3 Å². The maximum absolute atomic E-state index is 13.0. The van der Waals surface area contributed by atoms with Crippen LogP contribution in [-0.2, 0) is 16.0 Å². The summed E-state index contributed by atoms with van der Waals surface area (Å²) in [6.45, 7) is 0.952. The van der Waals surface area contributed by atoms with Crippen molar-refractivity contribution in [1.82, 2.24) is 0 Å². The van der Waals surface area contributed by atoms with Crippen molar-refractivity contribution in [1.29, 1.82) is 0 Å². The monoisotopic (exact) mass is 443 g/mol. The number of carbonyl (C=O) groups excluding carboxylic acids is 3. The van der Waals surface area contributed by atoms with Crippen LogP contribution in [-0.4, -0.2) is 37.5 Å². The van der Waals surface area contributed by atoms with Gasteiger partial charge in [0.25, 0.3) is 5.91 Å². The molecule has 0 atom stereocenters. The van der Waals surface area contributed by atoms with E-state index in [1.165, 1.54) is 4.90 Å². The van der Waals surface area contributed by atoms with Gasteiger partial charge in [-0.25, -0.2) is 0 Å². The Labute approximate surface area is 190 Å². The Morgan fingerprint density at radius 3 is 2.52 bits per heavy atom. The molecule has 0 spiro atoms. The molecule has 2 aliphatic rings. The summed E-state index contributed by atoms with van der Waals surface area (Å²) >= 11 is 0. The molecule has 2 N–H and O–H groups in total. The lowest BCUT2D eigenvalue weighted by atomic mass is 10.1. The second kappa shape index (κ2) is 8.66. The first-order valence-corrected chi connectivity index (χ1v) is 10.6. The summed E-state index contributed by atoms with van der Waals surface area (Å²) in [6.07, 6.45) is 0.178. The van der Waals surface area contributed by atoms with E-state index in [0.717, 1.165) is 5.56 Å².